The number of thioether (sulfide) groups is 1. The molecule has 0 saturated carbocycles. The van der Waals surface area contributed by atoms with Crippen molar-refractivity contribution in [2.45, 2.75) is 29.8 Å². The highest BCUT2D eigenvalue weighted by Gasteiger charge is 2.37. The van der Waals surface area contributed by atoms with Crippen LogP contribution in [0.25, 0.3) is 0 Å². The Kier molecular flexibility index (Phi) is 5.64. The molecule has 1 amide bonds. The van der Waals surface area contributed by atoms with Gasteiger partial charge in [0.15, 0.2) is 5.82 Å². The van der Waals surface area contributed by atoms with Gasteiger partial charge in [0, 0.05) is 23.2 Å². The molecule has 1 aromatic heterocycles. The van der Waals surface area contributed by atoms with Crippen molar-refractivity contribution < 1.29 is 9.53 Å². The van der Waals surface area contributed by atoms with Crippen LogP contribution in [0.4, 0.5) is 5.69 Å². The second-order valence-electron chi connectivity index (χ2n) is 6.51. The Hall–Kier alpha value is -2.71. The van der Waals surface area contributed by atoms with Crippen molar-refractivity contribution in [1.82, 2.24) is 14.9 Å². The number of hydrogen-bond acceptors (Lipinski definition) is 6. The van der Waals surface area contributed by atoms with E-state index < -0.39 is 5.25 Å². The Labute approximate surface area is 177 Å². The van der Waals surface area contributed by atoms with E-state index in [0.29, 0.717) is 21.6 Å². The molecular formula is C20H20ClN5O2S. The van der Waals surface area contributed by atoms with E-state index in [1.54, 1.807) is 13.2 Å². The van der Waals surface area contributed by atoms with Crippen LogP contribution in [0.1, 0.15) is 24.4 Å². The fourth-order valence-electron chi connectivity index (χ4n) is 3.16. The molecule has 0 bridgehead atoms. The van der Waals surface area contributed by atoms with Crippen LogP contribution in [0.2, 0.25) is 5.02 Å². The Bertz CT molecular complexity index is 1020. The number of anilines is 1. The van der Waals surface area contributed by atoms with Crippen molar-refractivity contribution in [3.8, 4) is 5.75 Å². The van der Waals surface area contributed by atoms with Gasteiger partial charge >= 0.3 is 0 Å². The number of hydrogen-bond donors (Lipinski definition) is 2. The zero-order chi connectivity index (χ0) is 20.4. The number of halogens is 1. The minimum Gasteiger partial charge on any atom is -0.497 e. The molecule has 2 heterocycles. The van der Waals surface area contributed by atoms with Crippen LogP contribution < -0.4 is 15.5 Å². The molecule has 29 heavy (non-hydrogen) atoms. The van der Waals surface area contributed by atoms with E-state index in [1.165, 1.54) is 11.8 Å². The molecule has 9 heteroatoms. The molecule has 2 unspecified atom stereocenters. The van der Waals surface area contributed by atoms with Gasteiger partial charge < -0.3 is 15.5 Å². The Morgan fingerprint density at radius 1 is 1.28 bits per heavy atom. The largest absolute Gasteiger partial charge is 0.497 e. The smallest absolute Gasteiger partial charge is 0.240 e. The summed E-state index contributed by atoms with van der Waals surface area (Å²) in [6.45, 7) is 2.02. The van der Waals surface area contributed by atoms with Crippen molar-refractivity contribution in [2.24, 2.45) is 0 Å². The SMILES string of the molecule is CCc1nnc2n1NC(c1ccc(Cl)cc1)C(C(=O)Nc1cccc(OC)c1)S2. The third-order valence-corrected chi connectivity index (χ3v) is 6.11. The first-order valence-corrected chi connectivity index (χ1v) is 10.4. The van der Waals surface area contributed by atoms with E-state index in [0.717, 1.165) is 17.8 Å². The Morgan fingerprint density at radius 3 is 2.79 bits per heavy atom. The summed E-state index contributed by atoms with van der Waals surface area (Å²) in [7, 11) is 1.59. The van der Waals surface area contributed by atoms with Gasteiger partial charge in [0.05, 0.1) is 13.2 Å². The first-order chi connectivity index (χ1) is 14.1. The number of nitrogens with one attached hydrogen (secondary N) is 2. The maximum Gasteiger partial charge on any atom is 0.240 e. The minimum absolute atomic E-state index is 0.136. The number of rotatable bonds is 5. The van der Waals surface area contributed by atoms with Gasteiger partial charge in [-0.1, -0.05) is 48.5 Å². The van der Waals surface area contributed by atoms with Crippen molar-refractivity contribution in [3.05, 3.63) is 64.9 Å². The van der Waals surface area contributed by atoms with Crippen molar-refractivity contribution in [2.75, 3.05) is 17.9 Å². The highest BCUT2D eigenvalue weighted by molar-refractivity contribution is 8.00. The van der Waals surface area contributed by atoms with Gasteiger partial charge in [-0.15, -0.1) is 10.2 Å². The number of ether oxygens (including phenoxy) is 1. The van der Waals surface area contributed by atoms with Crippen molar-refractivity contribution >= 4 is 35.0 Å². The highest BCUT2D eigenvalue weighted by Crippen LogP contribution is 2.38. The average molecular weight is 430 g/mol. The van der Waals surface area contributed by atoms with Gasteiger partial charge in [-0.3, -0.25) is 4.79 Å². The van der Waals surface area contributed by atoms with Gasteiger partial charge in [0.25, 0.3) is 0 Å². The Balaban J connectivity index is 1.65. The lowest BCUT2D eigenvalue weighted by Gasteiger charge is -2.33. The summed E-state index contributed by atoms with van der Waals surface area (Å²) in [4.78, 5) is 13.2. The van der Waals surface area contributed by atoms with E-state index in [9.17, 15) is 4.79 Å². The number of carbonyl (C=O) groups excluding carboxylic acids is 1. The van der Waals surface area contributed by atoms with Crippen LogP contribution in [0.5, 0.6) is 5.75 Å². The lowest BCUT2D eigenvalue weighted by molar-refractivity contribution is -0.116. The monoisotopic (exact) mass is 429 g/mol. The molecule has 2 N–H and O–H groups in total. The maximum absolute atomic E-state index is 13.2. The van der Waals surface area contributed by atoms with Crippen LogP contribution in [-0.2, 0) is 11.2 Å². The summed E-state index contributed by atoms with van der Waals surface area (Å²) in [5.74, 6) is 1.36. The van der Waals surface area contributed by atoms with Crippen LogP contribution in [-0.4, -0.2) is 33.1 Å². The van der Waals surface area contributed by atoms with Gasteiger partial charge in [-0.25, -0.2) is 4.68 Å². The minimum atomic E-state index is -0.455. The van der Waals surface area contributed by atoms with E-state index in [4.69, 9.17) is 16.3 Å². The number of fused-ring (bicyclic) bond motifs is 1. The molecule has 0 spiro atoms. The summed E-state index contributed by atoms with van der Waals surface area (Å²) >= 11 is 7.44. The molecule has 150 valence electrons. The van der Waals surface area contributed by atoms with Crippen molar-refractivity contribution in [3.63, 3.8) is 0 Å². The summed E-state index contributed by atoms with van der Waals surface area (Å²) < 4.78 is 7.10. The quantitative estimate of drug-likeness (QED) is 0.640. The number of aryl methyl sites for hydroxylation is 1. The maximum atomic E-state index is 13.2. The summed E-state index contributed by atoms with van der Waals surface area (Å²) in [6, 6.07) is 14.5. The average Bonchev–Trinajstić information content (AvgIpc) is 3.15. The third-order valence-electron chi connectivity index (χ3n) is 4.64. The highest BCUT2D eigenvalue weighted by atomic mass is 35.5. The summed E-state index contributed by atoms with van der Waals surface area (Å²) in [6.07, 6.45) is 0.731. The third kappa shape index (κ3) is 4.04. The second-order valence-corrected chi connectivity index (χ2v) is 8.05. The normalized spacial score (nSPS) is 17.9. The fourth-order valence-corrected chi connectivity index (χ4v) is 4.39. The number of amides is 1. The molecule has 2 aromatic carbocycles. The molecule has 1 aliphatic rings. The molecular weight excluding hydrogens is 410 g/mol. The molecule has 4 rings (SSSR count). The predicted octanol–water partition coefficient (Wildman–Crippen LogP) is 3.90. The first-order valence-electron chi connectivity index (χ1n) is 9.17. The van der Waals surface area contributed by atoms with Crippen LogP contribution in [0.15, 0.2) is 53.7 Å². The molecule has 1 aliphatic heterocycles. The van der Waals surface area contributed by atoms with E-state index in [-0.39, 0.29) is 11.9 Å². The molecule has 7 nitrogen and oxygen atoms in total. The second kappa shape index (κ2) is 8.34. The number of nitrogens with zero attached hydrogens (tertiary/aromatic N) is 3. The fraction of sp³-hybridized carbons (Fsp3) is 0.250. The first kappa shape index (κ1) is 19.6. The van der Waals surface area contributed by atoms with E-state index in [2.05, 4.69) is 20.9 Å². The summed E-state index contributed by atoms with van der Waals surface area (Å²) in [5.41, 5.74) is 5.04. The number of carbonyl (C=O) groups is 1. The van der Waals surface area contributed by atoms with Gasteiger partial charge in [-0.05, 0) is 29.8 Å². The number of methoxy groups -OCH3 is 1. The van der Waals surface area contributed by atoms with Crippen LogP contribution >= 0.6 is 23.4 Å². The predicted molar refractivity (Wildman–Crippen MR) is 114 cm³/mol. The molecule has 0 saturated heterocycles. The molecule has 0 fully saturated rings. The lowest BCUT2D eigenvalue weighted by Crippen LogP contribution is -2.41. The molecule has 2 atom stereocenters. The number of benzene rings is 2. The lowest BCUT2D eigenvalue weighted by atomic mass is 10.0. The standard InChI is InChI=1S/C20H20ClN5O2S/c1-3-16-23-24-20-26(16)25-17(12-7-9-13(21)10-8-12)18(29-20)19(27)22-14-5-4-6-15(11-14)28-2/h4-11,17-18,25H,3H2,1-2H3,(H,22,27). The van der Waals surface area contributed by atoms with Gasteiger partial charge in [0.1, 0.15) is 11.0 Å². The zero-order valence-electron chi connectivity index (χ0n) is 15.9. The summed E-state index contributed by atoms with van der Waals surface area (Å²) in [5, 5.41) is 12.3. The van der Waals surface area contributed by atoms with E-state index >= 15 is 0 Å². The zero-order valence-corrected chi connectivity index (χ0v) is 17.5. The molecule has 3 aromatic rings. The van der Waals surface area contributed by atoms with Gasteiger partial charge in [-0.2, -0.15) is 0 Å². The topological polar surface area (TPSA) is 81.1 Å². The molecule has 0 radical (unpaired) electrons. The Morgan fingerprint density at radius 2 is 2.07 bits per heavy atom. The van der Waals surface area contributed by atoms with Gasteiger partial charge in [0.2, 0.25) is 11.1 Å². The van der Waals surface area contributed by atoms with Crippen LogP contribution in [0.3, 0.4) is 0 Å². The van der Waals surface area contributed by atoms with E-state index in [1.807, 2.05) is 54.1 Å². The van der Waals surface area contributed by atoms with Crippen LogP contribution in [0, 0.1) is 0 Å². The number of aromatic nitrogens is 3. The van der Waals surface area contributed by atoms with Crippen molar-refractivity contribution in [1.29, 1.82) is 0 Å². The molecule has 0 aliphatic carbocycles.